The Hall–Kier alpha value is -1.59. The number of hydrogen-bond donors (Lipinski definition) is 3. The monoisotopic (exact) mass is 250 g/mol. The molecule has 5 nitrogen and oxygen atoms in total. The summed E-state index contributed by atoms with van der Waals surface area (Å²) in [5.74, 6) is 0.735. The molecule has 1 heterocycles. The van der Waals surface area contributed by atoms with Crippen molar-refractivity contribution in [1.29, 1.82) is 0 Å². The van der Waals surface area contributed by atoms with Gasteiger partial charge in [-0.3, -0.25) is 4.79 Å². The number of hydrogen-bond acceptors (Lipinski definition) is 4. The van der Waals surface area contributed by atoms with Gasteiger partial charge in [0.15, 0.2) is 0 Å². The van der Waals surface area contributed by atoms with Crippen LogP contribution in [0.2, 0.25) is 0 Å². The first-order valence-corrected chi connectivity index (χ1v) is 6.01. The molecular weight excluding hydrogens is 232 g/mol. The summed E-state index contributed by atoms with van der Waals surface area (Å²) in [5, 5.41) is 15.8. The molecule has 1 atom stereocenters. The molecule has 0 saturated carbocycles. The topological polar surface area (TPSA) is 70.6 Å². The third-order valence-electron chi connectivity index (χ3n) is 3.10. The number of aliphatic hydroxyl groups is 1. The molecule has 1 aliphatic rings. The summed E-state index contributed by atoms with van der Waals surface area (Å²) in [5.41, 5.74) is 0.737. The summed E-state index contributed by atoms with van der Waals surface area (Å²) in [7, 11) is 1.58. The minimum Gasteiger partial charge on any atom is -0.497 e. The first-order chi connectivity index (χ1) is 8.70. The van der Waals surface area contributed by atoms with E-state index in [4.69, 9.17) is 4.74 Å². The van der Waals surface area contributed by atoms with Crippen molar-refractivity contribution in [3.63, 3.8) is 0 Å². The fourth-order valence-electron chi connectivity index (χ4n) is 1.78. The molecule has 0 aliphatic carbocycles. The van der Waals surface area contributed by atoms with Gasteiger partial charge >= 0.3 is 0 Å². The zero-order valence-electron chi connectivity index (χ0n) is 10.3. The van der Waals surface area contributed by atoms with Crippen molar-refractivity contribution < 1.29 is 14.6 Å². The van der Waals surface area contributed by atoms with Crippen LogP contribution in [-0.4, -0.2) is 37.8 Å². The highest BCUT2D eigenvalue weighted by molar-refractivity contribution is 5.80. The van der Waals surface area contributed by atoms with E-state index in [1.54, 1.807) is 13.2 Å². The molecule has 0 aromatic heterocycles. The first kappa shape index (κ1) is 12.9. The van der Waals surface area contributed by atoms with E-state index in [9.17, 15) is 9.90 Å². The van der Waals surface area contributed by atoms with Gasteiger partial charge in [-0.2, -0.15) is 0 Å². The summed E-state index contributed by atoms with van der Waals surface area (Å²) in [4.78, 5) is 11.6. The Morgan fingerprint density at radius 1 is 1.61 bits per heavy atom. The number of methoxy groups -OCH3 is 1. The second-order valence-corrected chi connectivity index (χ2v) is 4.39. The Morgan fingerprint density at radius 3 is 3.00 bits per heavy atom. The molecule has 1 unspecified atom stereocenters. The largest absolute Gasteiger partial charge is 0.497 e. The van der Waals surface area contributed by atoms with Gasteiger partial charge in [-0.1, -0.05) is 12.1 Å². The summed E-state index contributed by atoms with van der Waals surface area (Å²) in [6, 6.07) is 7.20. The molecule has 1 fully saturated rings. The van der Waals surface area contributed by atoms with Crippen LogP contribution in [0.15, 0.2) is 24.3 Å². The Morgan fingerprint density at radius 2 is 2.39 bits per heavy atom. The number of carbonyl (C=O) groups excluding carboxylic acids is 1. The van der Waals surface area contributed by atoms with E-state index in [-0.39, 0.29) is 18.4 Å². The van der Waals surface area contributed by atoms with Gasteiger partial charge in [-0.25, -0.2) is 0 Å². The Bertz CT molecular complexity index is 418. The van der Waals surface area contributed by atoms with Gasteiger partial charge in [-0.15, -0.1) is 0 Å². The summed E-state index contributed by atoms with van der Waals surface area (Å²) >= 11 is 0. The van der Waals surface area contributed by atoms with E-state index < -0.39 is 6.10 Å². The van der Waals surface area contributed by atoms with E-state index in [1.807, 2.05) is 18.2 Å². The maximum absolute atomic E-state index is 11.6. The predicted molar refractivity (Wildman–Crippen MR) is 67.3 cm³/mol. The standard InChI is InChI=1S/C13H18N2O3/c1-18-11-4-2-3-9(5-11)12(16)8-15-13(17)10-6-14-7-10/h2-5,10,12,14,16H,6-8H2,1H3,(H,15,17). The average molecular weight is 250 g/mol. The molecule has 2 rings (SSSR count). The van der Waals surface area contributed by atoms with E-state index >= 15 is 0 Å². The highest BCUT2D eigenvalue weighted by atomic mass is 16.5. The number of amides is 1. The van der Waals surface area contributed by atoms with Crippen LogP contribution in [0.25, 0.3) is 0 Å². The SMILES string of the molecule is COc1cccc(C(O)CNC(=O)C2CNC2)c1. The quantitative estimate of drug-likeness (QED) is 0.691. The maximum atomic E-state index is 11.6. The number of carbonyl (C=O) groups is 1. The van der Waals surface area contributed by atoms with Crippen LogP contribution in [0.4, 0.5) is 0 Å². The molecule has 0 radical (unpaired) electrons. The predicted octanol–water partition coefficient (Wildman–Crippen LogP) is 0.0642. The van der Waals surface area contributed by atoms with Crippen molar-refractivity contribution in [2.24, 2.45) is 5.92 Å². The zero-order valence-corrected chi connectivity index (χ0v) is 10.3. The number of ether oxygens (including phenoxy) is 1. The average Bonchev–Trinajstić information content (AvgIpc) is 2.34. The molecule has 1 saturated heterocycles. The van der Waals surface area contributed by atoms with Crippen molar-refractivity contribution in [3.8, 4) is 5.75 Å². The molecule has 1 amide bonds. The first-order valence-electron chi connectivity index (χ1n) is 6.01. The van der Waals surface area contributed by atoms with Crippen LogP contribution in [0.3, 0.4) is 0 Å². The lowest BCUT2D eigenvalue weighted by Crippen LogP contribution is -2.51. The third-order valence-corrected chi connectivity index (χ3v) is 3.10. The minimum atomic E-state index is -0.711. The van der Waals surface area contributed by atoms with Gasteiger partial charge in [0.1, 0.15) is 5.75 Å². The van der Waals surface area contributed by atoms with Crippen LogP contribution in [0.5, 0.6) is 5.75 Å². The lowest BCUT2D eigenvalue weighted by molar-refractivity contribution is -0.126. The van der Waals surface area contributed by atoms with E-state index in [2.05, 4.69) is 10.6 Å². The van der Waals surface area contributed by atoms with E-state index in [0.29, 0.717) is 5.75 Å². The van der Waals surface area contributed by atoms with Crippen LogP contribution < -0.4 is 15.4 Å². The number of rotatable bonds is 5. The summed E-state index contributed by atoms with van der Waals surface area (Å²) in [6.07, 6.45) is -0.711. The molecule has 3 N–H and O–H groups in total. The fourth-order valence-corrected chi connectivity index (χ4v) is 1.78. The lowest BCUT2D eigenvalue weighted by Gasteiger charge is -2.26. The maximum Gasteiger partial charge on any atom is 0.225 e. The molecular formula is C13H18N2O3. The molecule has 1 aromatic rings. The number of benzene rings is 1. The second kappa shape index (κ2) is 5.84. The highest BCUT2D eigenvalue weighted by Gasteiger charge is 2.24. The number of aliphatic hydroxyl groups excluding tert-OH is 1. The van der Waals surface area contributed by atoms with Gasteiger partial charge in [-0.05, 0) is 17.7 Å². The number of nitrogens with one attached hydrogen (secondary N) is 2. The van der Waals surface area contributed by atoms with Gasteiger partial charge in [0.05, 0.1) is 19.1 Å². The van der Waals surface area contributed by atoms with Gasteiger partial charge < -0.3 is 20.5 Å². The zero-order chi connectivity index (χ0) is 13.0. The van der Waals surface area contributed by atoms with Crippen LogP contribution in [0.1, 0.15) is 11.7 Å². The van der Waals surface area contributed by atoms with Crippen molar-refractivity contribution >= 4 is 5.91 Å². The van der Waals surface area contributed by atoms with Crippen LogP contribution in [-0.2, 0) is 4.79 Å². The van der Waals surface area contributed by atoms with Crippen molar-refractivity contribution in [3.05, 3.63) is 29.8 Å². The molecule has 18 heavy (non-hydrogen) atoms. The summed E-state index contributed by atoms with van der Waals surface area (Å²) in [6.45, 7) is 1.67. The van der Waals surface area contributed by atoms with Crippen LogP contribution >= 0.6 is 0 Å². The Kier molecular flexibility index (Phi) is 4.17. The Balaban J connectivity index is 1.86. The smallest absolute Gasteiger partial charge is 0.225 e. The molecule has 1 aromatic carbocycles. The van der Waals surface area contributed by atoms with Crippen molar-refractivity contribution in [2.45, 2.75) is 6.10 Å². The molecule has 5 heteroatoms. The van der Waals surface area contributed by atoms with Gasteiger partial charge in [0, 0.05) is 19.6 Å². The van der Waals surface area contributed by atoms with Gasteiger partial charge in [0.25, 0.3) is 0 Å². The lowest BCUT2D eigenvalue weighted by atomic mass is 10.0. The normalized spacial score (nSPS) is 16.8. The molecule has 0 spiro atoms. The highest BCUT2D eigenvalue weighted by Crippen LogP contribution is 2.18. The molecule has 1 aliphatic heterocycles. The van der Waals surface area contributed by atoms with Crippen molar-refractivity contribution in [2.75, 3.05) is 26.7 Å². The minimum absolute atomic E-state index is 0.00399. The van der Waals surface area contributed by atoms with Gasteiger partial charge in [0.2, 0.25) is 5.91 Å². The van der Waals surface area contributed by atoms with E-state index in [0.717, 1.165) is 18.7 Å². The van der Waals surface area contributed by atoms with Crippen LogP contribution in [0, 0.1) is 5.92 Å². The fraction of sp³-hybridized carbons (Fsp3) is 0.462. The third kappa shape index (κ3) is 3.00. The Labute approximate surface area is 106 Å². The van der Waals surface area contributed by atoms with E-state index in [1.165, 1.54) is 0 Å². The van der Waals surface area contributed by atoms with Crippen molar-refractivity contribution in [1.82, 2.24) is 10.6 Å². The molecule has 98 valence electrons. The molecule has 0 bridgehead atoms. The summed E-state index contributed by atoms with van der Waals surface area (Å²) < 4.78 is 5.09. The second-order valence-electron chi connectivity index (χ2n) is 4.39.